The second-order valence-electron chi connectivity index (χ2n) is 3.99. The summed E-state index contributed by atoms with van der Waals surface area (Å²) in [5.74, 6) is 0.550. The summed E-state index contributed by atoms with van der Waals surface area (Å²) >= 11 is 3.17. The molecule has 0 amide bonds. The van der Waals surface area contributed by atoms with Crippen LogP contribution in [0.25, 0.3) is 0 Å². The van der Waals surface area contributed by atoms with Gasteiger partial charge in [0.25, 0.3) is 0 Å². The Bertz CT molecular complexity index is 565. The second-order valence-corrected chi connectivity index (χ2v) is 4.77. The number of halogens is 4. The van der Waals surface area contributed by atoms with Crippen molar-refractivity contribution in [2.75, 3.05) is 7.05 Å². The van der Waals surface area contributed by atoms with E-state index in [1.807, 2.05) is 0 Å². The van der Waals surface area contributed by atoms with Crippen LogP contribution in [0.15, 0.2) is 45.5 Å². The molecule has 1 heterocycles. The normalized spacial score (nSPS) is 13.5. The number of rotatable bonds is 3. The maximum absolute atomic E-state index is 12.7. The van der Waals surface area contributed by atoms with Crippen molar-refractivity contribution >= 4 is 15.9 Å². The van der Waals surface area contributed by atoms with E-state index in [9.17, 15) is 13.2 Å². The predicted molar refractivity (Wildman–Crippen MR) is 68.8 cm³/mol. The van der Waals surface area contributed by atoms with Crippen molar-refractivity contribution < 1.29 is 17.6 Å². The fraction of sp³-hybridized carbons (Fsp3) is 0.231. The van der Waals surface area contributed by atoms with Crippen LogP contribution in [0.1, 0.15) is 22.9 Å². The molecule has 0 saturated heterocycles. The maximum atomic E-state index is 12.7. The zero-order valence-corrected chi connectivity index (χ0v) is 11.5. The first-order valence-electron chi connectivity index (χ1n) is 5.51. The fourth-order valence-electron chi connectivity index (χ4n) is 1.85. The van der Waals surface area contributed by atoms with Gasteiger partial charge in [-0.3, -0.25) is 0 Å². The lowest BCUT2D eigenvalue weighted by Gasteiger charge is -2.16. The molecular formula is C13H11BrF3NO. The number of furan rings is 1. The van der Waals surface area contributed by atoms with E-state index in [1.165, 1.54) is 6.07 Å². The Kier molecular flexibility index (Phi) is 4.01. The summed E-state index contributed by atoms with van der Waals surface area (Å²) in [7, 11) is 1.67. The Morgan fingerprint density at radius 3 is 2.47 bits per heavy atom. The van der Waals surface area contributed by atoms with E-state index in [4.69, 9.17) is 4.42 Å². The highest BCUT2D eigenvalue weighted by Gasteiger charge is 2.31. The van der Waals surface area contributed by atoms with Crippen LogP contribution in [0.3, 0.4) is 0 Å². The topological polar surface area (TPSA) is 25.2 Å². The molecule has 0 aliphatic carbocycles. The minimum Gasteiger partial charge on any atom is -0.452 e. The third-order valence-electron chi connectivity index (χ3n) is 2.71. The van der Waals surface area contributed by atoms with Gasteiger partial charge >= 0.3 is 6.18 Å². The maximum Gasteiger partial charge on any atom is 0.416 e. The first kappa shape index (κ1) is 14.1. The van der Waals surface area contributed by atoms with E-state index in [0.29, 0.717) is 16.0 Å². The fourth-order valence-corrected chi connectivity index (χ4v) is 2.17. The first-order chi connectivity index (χ1) is 8.91. The van der Waals surface area contributed by atoms with Gasteiger partial charge in [-0.05, 0) is 52.8 Å². The smallest absolute Gasteiger partial charge is 0.416 e. The average Bonchev–Trinajstić information content (AvgIpc) is 2.76. The Balaban J connectivity index is 2.39. The van der Waals surface area contributed by atoms with Crippen LogP contribution in [0.4, 0.5) is 13.2 Å². The van der Waals surface area contributed by atoms with Gasteiger partial charge in [0.2, 0.25) is 0 Å². The molecule has 0 aliphatic heterocycles. The van der Waals surface area contributed by atoms with Crippen LogP contribution >= 0.6 is 15.9 Å². The number of alkyl halides is 3. The van der Waals surface area contributed by atoms with Crippen molar-refractivity contribution in [3.05, 3.63) is 58.0 Å². The van der Waals surface area contributed by atoms with Crippen LogP contribution in [0.5, 0.6) is 0 Å². The van der Waals surface area contributed by atoms with Gasteiger partial charge in [0.15, 0.2) is 4.67 Å². The molecule has 0 aliphatic rings. The quantitative estimate of drug-likeness (QED) is 0.902. The number of hydrogen-bond acceptors (Lipinski definition) is 2. The van der Waals surface area contributed by atoms with Crippen molar-refractivity contribution in [3.63, 3.8) is 0 Å². The molecule has 1 N–H and O–H groups in total. The molecule has 1 aromatic heterocycles. The van der Waals surface area contributed by atoms with Crippen molar-refractivity contribution in [3.8, 4) is 0 Å². The van der Waals surface area contributed by atoms with Crippen LogP contribution in [0.2, 0.25) is 0 Å². The van der Waals surface area contributed by atoms with Gasteiger partial charge in [0, 0.05) is 0 Å². The highest BCUT2D eigenvalue weighted by molar-refractivity contribution is 9.10. The van der Waals surface area contributed by atoms with Gasteiger partial charge in [-0.15, -0.1) is 0 Å². The van der Waals surface area contributed by atoms with Crippen molar-refractivity contribution in [2.24, 2.45) is 0 Å². The lowest BCUT2D eigenvalue weighted by molar-refractivity contribution is -0.137. The molecule has 19 heavy (non-hydrogen) atoms. The van der Waals surface area contributed by atoms with Gasteiger partial charge < -0.3 is 9.73 Å². The largest absolute Gasteiger partial charge is 0.452 e. The molecule has 2 rings (SSSR count). The zero-order valence-electron chi connectivity index (χ0n) is 9.96. The number of hydrogen-bond donors (Lipinski definition) is 1. The van der Waals surface area contributed by atoms with Gasteiger partial charge in [-0.2, -0.15) is 13.2 Å². The molecule has 0 spiro atoms. The molecular weight excluding hydrogens is 323 g/mol. The van der Waals surface area contributed by atoms with E-state index < -0.39 is 17.8 Å². The molecule has 6 heteroatoms. The molecule has 1 atom stereocenters. The Hall–Kier alpha value is -1.27. The van der Waals surface area contributed by atoms with Crippen molar-refractivity contribution in [1.29, 1.82) is 0 Å². The number of nitrogens with one attached hydrogen (secondary N) is 1. The molecule has 0 bridgehead atoms. The molecule has 2 nitrogen and oxygen atoms in total. The SMILES string of the molecule is CNC(c1cccc(C(F)(F)F)c1)c1ccc(Br)o1. The Morgan fingerprint density at radius 2 is 1.95 bits per heavy atom. The van der Waals surface area contributed by atoms with E-state index in [0.717, 1.165) is 12.1 Å². The molecule has 0 fully saturated rings. The van der Waals surface area contributed by atoms with Gasteiger partial charge in [-0.25, -0.2) is 0 Å². The second kappa shape index (κ2) is 5.38. The predicted octanol–water partition coefficient (Wildman–Crippen LogP) is 4.37. The zero-order chi connectivity index (χ0) is 14.0. The standard InChI is InChI=1S/C13H11BrF3NO/c1-18-12(10-5-6-11(14)19-10)8-3-2-4-9(7-8)13(15,16)17/h2-7,12,18H,1H3. The summed E-state index contributed by atoms with van der Waals surface area (Å²) in [6.07, 6.45) is -4.35. The lowest BCUT2D eigenvalue weighted by atomic mass is 10.0. The van der Waals surface area contributed by atoms with Crippen LogP contribution in [-0.4, -0.2) is 7.05 Å². The third-order valence-corrected chi connectivity index (χ3v) is 3.14. The minimum absolute atomic E-state index is 0.423. The van der Waals surface area contributed by atoms with Gasteiger partial charge in [0.05, 0.1) is 11.6 Å². The third kappa shape index (κ3) is 3.19. The minimum atomic E-state index is -4.35. The monoisotopic (exact) mass is 333 g/mol. The summed E-state index contributed by atoms with van der Waals surface area (Å²) < 4.78 is 44.0. The Labute approximate surface area is 116 Å². The number of benzene rings is 1. The van der Waals surface area contributed by atoms with Crippen LogP contribution in [-0.2, 0) is 6.18 Å². The molecule has 102 valence electrons. The van der Waals surface area contributed by atoms with E-state index in [2.05, 4.69) is 21.2 Å². The molecule has 0 radical (unpaired) electrons. The van der Waals surface area contributed by atoms with Crippen molar-refractivity contribution in [2.45, 2.75) is 12.2 Å². The van der Waals surface area contributed by atoms with Crippen LogP contribution in [0, 0.1) is 0 Å². The van der Waals surface area contributed by atoms with Gasteiger partial charge in [0.1, 0.15) is 5.76 Å². The summed E-state index contributed by atoms with van der Waals surface area (Å²) in [4.78, 5) is 0. The lowest BCUT2D eigenvalue weighted by Crippen LogP contribution is -2.18. The molecule has 1 aromatic carbocycles. The summed E-state index contributed by atoms with van der Waals surface area (Å²) in [6, 6.07) is 8.19. The van der Waals surface area contributed by atoms with E-state index in [-0.39, 0.29) is 0 Å². The van der Waals surface area contributed by atoms with E-state index >= 15 is 0 Å². The molecule has 2 aromatic rings. The molecule has 0 saturated carbocycles. The van der Waals surface area contributed by atoms with Gasteiger partial charge in [-0.1, -0.05) is 12.1 Å². The average molecular weight is 334 g/mol. The Morgan fingerprint density at radius 1 is 1.21 bits per heavy atom. The molecule has 1 unspecified atom stereocenters. The summed E-state index contributed by atoms with van der Waals surface area (Å²) in [6.45, 7) is 0. The highest BCUT2D eigenvalue weighted by atomic mass is 79.9. The highest BCUT2D eigenvalue weighted by Crippen LogP contribution is 2.32. The van der Waals surface area contributed by atoms with Crippen LogP contribution < -0.4 is 5.32 Å². The summed E-state index contributed by atoms with van der Waals surface area (Å²) in [5, 5.41) is 2.94. The summed E-state index contributed by atoms with van der Waals surface area (Å²) in [5.41, 5.74) is -0.171. The first-order valence-corrected chi connectivity index (χ1v) is 6.31. The van der Waals surface area contributed by atoms with E-state index in [1.54, 1.807) is 25.2 Å². The van der Waals surface area contributed by atoms with Crippen molar-refractivity contribution in [1.82, 2.24) is 5.32 Å².